The molecule has 1 N–H and O–H groups in total. The molecule has 1 saturated heterocycles. The Hall–Kier alpha value is -0.930. The molecule has 88 valence electrons. The van der Waals surface area contributed by atoms with E-state index in [4.69, 9.17) is 4.74 Å². The number of rotatable bonds is 4. The molecule has 1 aromatic rings. The van der Waals surface area contributed by atoms with Crippen molar-refractivity contribution in [3.8, 4) is 0 Å². The van der Waals surface area contributed by atoms with Crippen molar-refractivity contribution in [2.75, 3.05) is 13.2 Å². The molecule has 0 bridgehead atoms. The molecule has 1 atom stereocenters. The number of nitrogens with one attached hydrogen (secondary N) is 1. The molecule has 0 radical (unpaired) electrons. The van der Waals surface area contributed by atoms with Crippen molar-refractivity contribution in [2.45, 2.75) is 31.9 Å². The van der Waals surface area contributed by atoms with Gasteiger partial charge in [-0.3, -0.25) is 0 Å². The highest BCUT2D eigenvalue weighted by Gasteiger charge is 2.11. The van der Waals surface area contributed by atoms with E-state index in [1.54, 1.807) is 6.07 Å². The third-order valence-electron chi connectivity index (χ3n) is 2.89. The van der Waals surface area contributed by atoms with Gasteiger partial charge in [-0.05, 0) is 37.1 Å². The zero-order chi connectivity index (χ0) is 11.2. The summed E-state index contributed by atoms with van der Waals surface area (Å²) in [5, 5.41) is 3.42. The van der Waals surface area contributed by atoms with E-state index in [0.717, 1.165) is 18.7 Å². The highest BCUT2D eigenvalue weighted by molar-refractivity contribution is 5.15. The molecule has 3 heteroatoms. The Morgan fingerprint density at radius 2 is 2.31 bits per heavy atom. The van der Waals surface area contributed by atoms with Gasteiger partial charge in [0.25, 0.3) is 0 Å². The van der Waals surface area contributed by atoms with Crippen molar-refractivity contribution < 1.29 is 9.13 Å². The summed E-state index contributed by atoms with van der Waals surface area (Å²) in [6, 6.07) is 7.05. The van der Waals surface area contributed by atoms with E-state index in [1.807, 2.05) is 6.07 Å². The zero-order valence-corrected chi connectivity index (χ0v) is 9.42. The Morgan fingerprint density at radius 1 is 1.38 bits per heavy atom. The summed E-state index contributed by atoms with van der Waals surface area (Å²) in [5.41, 5.74) is 0.899. The summed E-state index contributed by atoms with van der Waals surface area (Å²) in [5.74, 6) is -0.197. The van der Waals surface area contributed by atoms with Crippen LogP contribution in [0.15, 0.2) is 24.3 Å². The predicted octanol–water partition coefficient (Wildman–Crippen LogP) is 2.48. The average molecular weight is 223 g/mol. The average Bonchev–Trinajstić information content (AvgIpc) is 2.30. The van der Waals surface area contributed by atoms with Crippen LogP contribution in [0.1, 0.15) is 24.8 Å². The smallest absolute Gasteiger partial charge is 0.123 e. The number of hydrogen-bond acceptors (Lipinski definition) is 2. The van der Waals surface area contributed by atoms with Gasteiger partial charge < -0.3 is 10.1 Å². The van der Waals surface area contributed by atoms with Crippen LogP contribution in [0.3, 0.4) is 0 Å². The van der Waals surface area contributed by atoms with Crippen molar-refractivity contribution in [1.29, 1.82) is 0 Å². The molecular formula is C13H18FNO. The number of halogens is 1. The molecular weight excluding hydrogens is 205 g/mol. The maximum absolute atomic E-state index is 12.9. The maximum atomic E-state index is 12.9. The minimum Gasteiger partial charge on any atom is -0.375 e. The molecule has 1 aromatic carbocycles. The van der Waals surface area contributed by atoms with Gasteiger partial charge in [-0.1, -0.05) is 18.6 Å². The fourth-order valence-electron chi connectivity index (χ4n) is 2.01. The van der Waals surface area contributed by atoms with E-state index in [2.05, 4.69) is 5.32 Å². The van der Waals surface area contributed by atoms with Crippen LogP contribution in [0.2, 0.25) is 0 Å². The summed E-state index contributed by atoms with van der Waals surface area (Å²) in [6.45, 7) is 2.31. The van der Waals surface area contributed by atoms with Gasteiger partial charge in [-0.2, -0.15) is 0 Å². The first-order valence-electron chi connectivity index (χ1n) is 5.90. The second kappa shape index (κ2) is 5.97. The lowest BCUT2D eigenvalue weighted by molar-refractivity contribution is 0.0910. The summed E-state index contributed by atoms with van der Waals surface area (Å²) >= 11 is 0. The lowest BCUT2D eigenvalue weighted by atomic mass is 10.1. The lowest BCUT2D eigenvalue weighted by Gasteiger charge is -2.23. The van der Waals surface area contributed by atoms with Crippen LogP contribution in [0, 0.1) is 5.82 Å². The largest absolute Gasteiger partial charge is 0.375 e. The normalized spacial score (nSPS) is 20.9. The monoisotopic (exact) mass is 223 g/mol. The van der Waals surface area contributed by atoms with Gasteiger partial charge in [0.15, 0.2) is 0 Å². The minimum atomic E-state index is -0.197. The van der Waals surface area contributed by atoms with Crippen molar-refractivity contribution in [3.63, 3.8) is 0 Å². The van der Waals surface area contributed by atoms with Crippen LogP contribution in [-0.4, -0.2) is 19.2 Å². The molecule has 1 heterocycles. The van der Waals surface area contributed by atoms with Crippen LogP contribution < -0.4 is 5.32 Å². The van der Waals surface area contributed by atoms with Gasteiger partial charge in [0.2, 0.25) is 0 Å². The van der Waals surface area contributed by atoms with Gasteiger partial charge >= 0.3 is 0 Å². The van der Waals surface area contributed by atoms with Crippen molar-refractivity contribution in [1.82, 2.24) is 5.32 Å². The Bertz CT molecular complexity index is 323. The standard InChI is InChI=1S/C13H18FNO/c14-12-5-3-4-11(8-12)9-16-10-13-6-1-2-7-15-13/h3-5,8,13,15H,1-2,6-7,9-10H2/t13-/m0/s1. The van der Waals surface area contributed by atoms with Crippen LogP contribution >= 0.6 is 0 Å². The number of ether oxygens (including phenoxy) is 1. The zero-order valence-electron chi connectivity index (χ0n) is 9.42. The molecule has 1 fully saturated rings. The fourth-order valence-corrected chi connectivity index (χ4v) is 2.01. The second-order valence-corrected chi connectivity index (χ2v) is 4.29. The molecule has 0 unspecified atom stereocenters. The summed E-state index contributed by atoms with van der Waals surface area (Å²) < 4.78 is 18.5. The first-order valence-corrected chi connectivity index (χ1v) is 5.90. The summed E-state index contributed by atoms with van der Waals surface area (Å²) in [6.07, 6.45) is 3.73. The Kier molecular flexibility index (Phi) is 4.31. The molecule has 1 aliphatic rings. The van der Waals surface area contributed by atoms with Crippen LogP contribution in [0.4, 0.5) is 4.39 Å². The predicted molar refractivity (Wildman–Crippen MR) is 61.7 cm³/mol. The molecule has 0 amide bonds. The second-order valence-electron chi connectivity index (χ2n) is 4.29. The highest BCUT2D eigenvalue weighted by Crippen LogP contribution is 2.09. The quantitative estimate of drug-likeness (QED) is 0.846. The Balaban J connectivity index is 1.71. The van der Waals surface area contributed by atoms with E-state index >= 15 is 0 Å². The van der Waals surface area contributed by atoms with Gasteiger partial charge in [0, 0.05) is 6.04 Å². The van der Waals surface area contributed by atoms with Gasteiger partial charge in [-0.15, -0.1) is 0 Å². The Labute approximate surface area is 95.8 Å². The van der Waals surface area contributed by atoms with Gasteiger partial charge in [0.05, 0.1) is 13.2 Å². The lowest BCUT2D eigenvalue weighted by Crippen LogP contribution is -2.37. The maximum Gasteiger partial charge on any atom is 0.123 e. The molecule has 16 heavy (non-hydrogen) atoms. The summed E-state index contributed by atoms with van der Waals surface area (Å²) in [4.78, 5) is 0. The topological polar surface area (TPSA) is 21.3 Å². The van der Waals surface area contributed by atoms with Crippen LogP contribution in [0.25, 0.3) is 0 Å². The number of benzene rings is 1. The molecule has 2 nitrogen and oxygen atoms in total. The Morgan fingerprint density at radius 3 is 3.06 bits per heavy atom. The molecule has 0 spiro atoms. The van der Waals surface area contributed by atoms with Gasteiger partial charge in [0.1, 0.15) is 5.82 Å². The summed E-state index contributed by atoms with van der Waals surface area (Å²) in [7, 11) is 0. The van der Waals surface area contributed by atoms with Crippen molar-refractivity contribution in [2.24, 2.45) is 0 Å². The molecule has 1 aliphatic heterocycles. The third-order valence-corrected chi connectivity index (χ3v) is 2.89. The highest BCUT2D eigenvalue weighted by atomic mass is 19.1. The minimum absolute atomic E-state index is 0.197. The van der Waals surface area contributed by atoms with Crippen LogP contribution in [-0.2, 0) is 11.3 Å². The first kappa shape index (κ1) is 11.6. The molecule has 0 aromatic heterocycles. The van der Waals surface area contributed by atoms with E-state index in [1.165, 1.54) is 31.4 Å². The van der Waals surface area contributed by atoms with Crippen LogP contribution in [0.5, 0.6) is 0 Å². The van der Waals surface area contributed by atoms with Gasteiger partial charge in [-0.25, -0.2) is 4.39 Å². The van der Waals surface area contributed by atoms with E-state index in [-0.39, 0.29) is 5.82 Å². The first-order chi connectivity index (χ1) is 7.84. The number of piperidine rings is 1. The van der Waals surface area contributed by atoms with Crippen molar-refractivity contribution >= 4 is 0 Å². The molecule has 0 saturated carbocycles. The third kappa shape index (κ3) is 3.58. The van der Waals surface area contributed by atoms with Crippen molar-refractivity contribution in [3.05, 3.63) is 35.6 Å². The molecule has 0 aliphatic carbocycles. The van der Waals surface area contributed by atoms with E-state index in [9.17, 15) is 4.39 Å². The van der Waals surface area contributed by atoms with E-state index < -0.39 is 0 Å². The SMILES string of the molecule is Fc1cccc(COC[C@@H]2CCCCN2)c1. The van der Waals surface area contributed by atoms with E-state index in [0.29, 0.717) is 12.6 Å². The molecule has 2 rings (SSSR count). The number of hydrogen-bond donors (Lipinski definition) is 1. The fraction of sp³-hybridized carbons (Fsp3) is 0.538.